The fraction of sp³-hybridized carbons (Fsp3) is 0.533. The quantitative estimate of drug-likeness (QED) is 0.802. The van der Waals surface area contributed by atoms with Gasteiger partial charge in [-0.1, -0.05) is 25.1 Å². The minimum Gasteiger partial charge on any atom is -0.382 e. The summed E-state index contributed by atoms with van der Waals surface area (Å²) >= 11 is 3.51. The molecular weight excluding hydrogens is 272 g/mol. The van der Waals surface area contributed by atoms with Crippen molar-refractivity contribution in [3.63, 3.8) is 0 Å². The van der Waals surface area contributed by atoms with Crippen molar-refractivity contribution in [3.05, 3.63) is 18.2 Å². The van der Waals surface area contributed by atoms with E-state index < -0.39 is 0 Å². The molecule has 2 unspecified atom stereocenters. The number of aromatic nitrogens is 1. The number of fused-ring (bicyclic) bond motifs is 1. The Hall–Kier alpha value is -0.740. The van der Waals surface area contributed by atoms with E-state index in [1.807, 2.05) is 0 Å². The Morgan fingerprint density at radius 3 is 3.05 bits per heavy atom. The molecule has 1 heterocycles. The third-order valence-corrected chi connectivity index (χ3v) is 6.04. The van der Waals surface area contributed by atoms with E-state index in [4.69, 9.17) is 0 Å². The molecule has 2 nitrogen and oxygen atoms in total. The van der Waals surface area contributed by atoms with Crippen LogP contribution in [0.4, 0.5) is 5.69 Å². The van der Waals surface area contributed by atoms with Crippen molar-refractivity contribution >= 4 is 39.0 Å². The summed E-state index contributed by atoms with van der Waals surface area (Å²) in [6, 6.07) is 7.23. The average molecular weight is 292 g/mol. The summed E-state index contributed by atoms with van der Waals surface area (Å²) in [7, 11) is 0. The molecule has 0 radical (unpaired) electrons. The number of nitrogens with one attached hydrogen (secondary N) is 1. The molecule has 1 aromatic heterocycles. The molecule has 0 spiro atoms. The molecule has 0 aliphatic heterocycles. The average Bonchev–Trinajstić information content (AvgIpc) is 3.04. The van der Waals surface area contributed by atoms with E-state index in [1.54, 1.807) is 23.1 Å². The second-order valence-electron chi connectivity index (χ2n) is 5.29. The Kier molecular flexibility index (Phi) is 3.99. The maximum atomic E-state index is 4.58. The van der Waals surface area contributed by atoms with Gasteiger partial charge in [-0.05, 0) is 49.6 Å². The Labute approximate surface area is 123 Å². The largest absolute Gasteiger partial charge is 0.382 e. The van der Waals surface area contributed by atoms with Crippen molar-refractivity contribution in [3.8, 4) is 0 Å². The number of anilines is 1. The van der Waals surface area contributed by atoms with Gasteiger partial charge in [0.05, 0.1) is 10.2 Å². The van der Waals surface area contributed by atoms with E-state index in [9.17, 15) is 0 Å². The monoisotopic (exact) mass is 292 g/mol. The van der Waals surface area contributed by atoms with Crippen molar-refractivity contribution in [1.29, 1.82) is 0 Å². The zero-order valence-electron chi connectivity index (χ0n) is 11.5. The van der Waals surface area contributed by atoms with Gasteiger partial charge >= 0.3 is 0 Å². The van der Waals surface area contributed by atoms with Crippen LogP contribution in [0.3, 0.4) is 0 Å². The van der Waals surface area contributed by atoms with E-state index in [1.165, 1.54) is 36.1 Å². The topological polar surface area (TPSA) is 24.9 Å². The number of rotatable bonds is 4. The first-order valence-electron chi connectivity index (χ1n) is 6.99. The molecule has 0 amide bonds. The number of thioether (sulfide) groups is 1. The lowest BCUT2D eigenvalue weighted by Gasteiger charge is -2.14. The summed E-state index contributed by atoms with van der Waals surface area (Å²) in [5.74, 6) is 0.924. The maximum Gasteiger partial charge on any atom is 0.150 e. The normalized spacial score (nSPS) is 23.1. The van der Waals surface area contributed by atoms with Crippen LogP contribution in [-0.4, -0.2) is 17.3 Å². The van der Waals surface area contributed by atoms with E-state index in [0.29, 0.717) is 6.04 Å². The molecule has 0 bridgehead atoms. The smallest absolute Gasteiger partial charge is 0.150 e. The zero-order chi connectivity index (χ0) is 13.2. The van der Waals surface area contributed by atoms with Crippen molar-refractivity contribution in [2.45, 2.75) is 43.0 Å². The summed E-state index contributed by atoms with van der Waals surface area (Å²) in [5, 5.41) is 3.70. The summed E-state index contributed by atoms with van der Waals surface area (Å²) in [6.07, 6.45) is 7.43. The highest BCUT2D eigenvalue weighted by molar-refractivity contribution is 8.00. The van der Waals surface area contributed by atoms with Crippen LogP contribution in [0.15, 0.2) is 22.5 Å². The first-order valence-corrected chi connectivity index (χ1v) is 9.03. The molecule has 4 heteroatoms. The lowest BCUT2D eigenvalue weighted by molar-refractivity contribution is 0.525. The van der Waals surface area contributed by atoms with E-state index in [2.05, 4.69) is 41.7 Å². The van der Waals surface area contributed by atoms with Crippen LogP contribution in [-0.2, 0) is 0 Å². The van der Waals surface area contributed by atoms with E-state index >= 15 is 0 Å². The van der Waals surface area contributed by atoms with Crippen LogP contribution >= 0.6 is 23.1 Å². The van der Waals surface area contributed by atoms with E-state index in [0.717, 1.165) is 15.8 Å². The molecule has 1 saturated carbocycles. The SMILES string of the molecule is CCC1CCC(Nc2ccc3nc(SC)sc3c2)C1. The van der Waals surface area contributed by atoms with Crippen LogP contribution in [0.5, 0.6) is 0 Å². The highest BCUT2D eigenvalue weighted by Crippen LogP contribution is 2.33. The standard InChI is InChI=1S/C15H20N2S2/c1-3-10-4-5-11(8-10)16-12-6-7-13-14(9-12)19-15(17-13)18-2/h6-7,9-11,16H,3-5,8H2,1-2H3. The van der Waals surface area contributed by atoms with Gasteiger partial charge in [-0.25, -0.2) is 4.98 Å². The number of hydrogen-bond acceptors (Lipinski definition) is 4. The summed E-state index contributed by atoms with van der Waals surface area (Å²) in [5.41, 5.74) is 2.38. The van der Waals surface area contributed by atoms with Crippen LogP contribution in [0.25, 0.3) is 10.2 Å². The predicted octanol–water partition coefficient (Wildman–Crippen LogP) is 5.01. The molecule has 1 N–H and O–H groups in total. The summed E-state index contributed by atoms with van der Waals surface area (Å²) in [4.78, 5) is 4.58. The van der Waals surface area contributed by atoms with Crippen molar-refractivity contribution in [2.75, 3.05) is 11.6 Å². The second kappa shape index (κ2) is 5.71. The van der Waals surface area contributed by atoms with Gasteiger partial charge in [0, 0.05) is 11.7 Å². The molecule has 2 atom stereocenters. The van der Waals surface area contributed by atoms with E-state index in [-0.39, 0.29) is 0 Å². The summed E-state index contributed by atoms with van der Waals surface area (Å²) < 4.78 is 2.44. The third-order valence-electron chi connectivity index (χ3n) is 4.03. The Bertz CT molecular complexity index is 564. The highest BCUT2D eigenvalue weighted by atomic mass is 32.2. The van der Waals surface area contributed by atoms with Gasteiger partial charge in [-0.2, -0.15) is 0 Å². The minimum absolute atomic E-state index is 0.662. The number of hydrogen-bond donors (Lipinski definition) is 1. The van der Waals surface area contributed by atoms with Gasteiger partial charge < -0.3 is 5.32 Å². The van der Waals surface area contributed by atoms with Crippen molar-refractivity contribution in [1.82, 2.24) is 4.98 Å². The molecule has 1 aliphatic carbocycles. The third kappa shape index (κ3) is 2.90. The summed E-state index contributed by atoms with van der Waals surface area (Å²) in [6.45, 7) is 2.31. The van der Waals surface area contributed by atoms with Gasteiger partial charge in [0.25, 0.3) is 0 Å². The number of nitrogens with zero attached hydrogens (tertiary/aromatic N) is 1. The molecule has 102 valence electrons. The highest BCUT2D eigenvalue weighted by Gasteiger charge is 2.23. The lowest BCUT2D eigenvalue weighted by atomic mass is 10.1. The fourth-order valence-electron chi connectivity index (χ4n) is 2.89. The van der Waals surface area contributed by atoms with Gasteiger partial charge in [-0.3, -0.25) is 0 Å². The Morgan fingerprint density at radius 1 is 1.42 bits per heavy atom. The van der Waals surface area contributed by atoms with Crippen molar-refractivity contribution < 1.29 is 0 Å². The van der Waals surface area contributed by atoms with Gasteiger partial charge in [0.15, 0.2) is 4.34 Å². The molecule has 1 aromatic carbocycles. The molecule has 2 aromatic rings. The second-order valence-corrected chi connectivity index (χ2v) is 7.38. The molecular formula is C15H20N2S2. The number of benzene rings is 1. The lowest BCUT2D eigenvalue weighted by Crippen LogP contribution is -2.15. The van der Waals surface area contributed by atoms with Crippen molar-refractivity contribution in [2.24, 2.45) is 5.92 Å². The van der Waals surface area contributed by atoms with Crippen LogP contribution in [0.1, 0.15) is 32.6 Å². The van der Waals surface area contributed by atoms with Crippen LogP contribution in [0, 0.1) is 5.92 Å². The molecule has 1 fully saturated rings. The van der Waals surface area contributed by atoms with Gasteiger partial charge in [0.2, 0.25) is 0 Å². The first-order chi connectivity index (χ1) is 9.28. The van der Waals surface area contributed by atoms with Crippen LogP contribution in [0.2, 0.25) is 0 Å². The van der Waals surface area contributed by atoms with Gasteiger partial charge in [0.1, 0.15) is 0 Å². The molecule has 19 heavy (non-hydrogen) atoms. The molecule has 3 rings (SSSR count). The predicted molar refractivity (Wildman–Crippen MR) is 86.4 cm³/mol. The zero-order valence-corrected chi connectivity index (χ0v) is 13.1. The minimum atomic E-state index is 0.662. The Morgan fingerprint density at radius 2 is 2.32 bits per heavy atom. The first kappa shape index (κ1) is 13.3. The Balaban J connectivity index is 1.74. The molecule has 1 aliphatic rings. The maximum absolute atomic E-state index is 4.58. The van der Waals surface area contributed by atoms with Crippen LogP contribution < -0.4 is 5.32 Å². The number of thiazole rings is 1. The molecule has 0 saturated heterocycles. The fourth-order valence-corrected chi connectivity index (χ4v) is 4.42. The van der Waals surface area contributed by atoms with Gasteiger partial charge in [-0.15, -0.1) is 11.3 Å².